The van der Waals surface area contributed by atoms with Crippen LogP contribution in [0.5, 0.6) is 11.6 Å². The van der Waals surface area contributed by atoms with Crippen LogP contribution in [0.25, 0.3) is 0 Å². The molecule has 0 unspecified atom stereocenters. The van der Waals surface area contributed by atoms with Crippen LogP contribution in [0, 0.1) is 0 Å². The number of nitrogens with zero attached hydrogens (tertiary/aromatic N) is 1. The van der Waals surface area contributed by atoms with E-state index < -0.39 is 29.1 Å². The molecule has 7 heteroatoms. The molecule has 0 radical (unpaired) electrons. The zero-order valence-electron chi connectivity index (χ0n) is 10.6. The number of methoxy groups -OCH3 is 2. The molecule has 0 spiro atoms. The predicted octanol–water partition coefficient (Wildman–Crippen LogP) is 1.05. The van der Waals surface area contributed by atoms with Crippen molar-refractivity contribution in [3.63, 3.8) is 0 Å². The van der Waals surface area contributed by atoms with Crippen LogP contribution < -0.4 is 0 Å². The van der Waals surface area contributed by atoms with Gasteiger partial charge in [0.15, 0.2) is 5.75 Å². The lowest BCUT2D eigenvalue weighted by Crippen LogP contribution is -2.16. The fraction of sp³-hybridized carbons (Fsp3) is 0.455. The summed E-state index contributed by atoms with van der Waals surface area (Å²) in [5.41, 5.74) is -0.648. The smallest absolute Gasteiger partial charge is 0.355 e. The van der Waals surface area contributed by atoms with Crippen LogP contribution in [-0.4, -0.2) is 40.9 Å². The molecule has 100 valence electrons. The Morgan fingerprint density at radius 2 is 1.61 bits per heavy atom. The van der Waals surface area contributed by atoms with Gasteiger partial charge in [-0.25, -0.2) is 9.59 Å². The molecular formula is C11H15NO6. The van der Waals surface area contributed by atoms with Crippen molar-refractivity contribution in [1.29, 1.82) is 0 Å². The lowest BCUT2D eigenvalue weighted by molar-refractivity contribution is 0.0543. The monoisotopic (exact) mass is 257 g/mol. The number of rotatable bonds is 3. The predicted molar refractivity (Wildman–Crippen MR) is 60.8 cm³/mol. The summed E-state index contributed by atoms with van der Waals surface area (Å²) < 4.78 is 10.1. The minimum Gasteiger partial charge on any atom is -0.502 e. The number of carbonyl (C=O) groups excluding carboxylic acids is 2. The summed E-state index contributed by atoms with van der Waals surface area (Å²) in [5, 5.41) is 19.5. The average molecular weight is 257 g/mol. The molecule has 2 N–H and O–H groups in total. The number of aromatic hydroxyl groups is 2. The normalized spacial score (nSPS) is 10.5. The molecule has 0 amide bonds. The molecule has 1 heterocycles. The first kappa shape index (κ1) is 13.9. The van der Waals surface area contributed by atoms with Crippen LogP contribution in [0.15, 0.2) is 0 Å². The Hall–Kier alpha value is -2.18. The molecule has 0 aromatic carbocycles. The highest BCUT2D eigenvalue weighted by molar-refractivity contribution is 6.05. The van der Waals surface area contributed by atoms with Crippen LogP contribution in [0.2, 0.25) is 0 Å². The molecule has 7 nitrogen and oxygen atoms in total. The molecule has 0 saturated heterocycles. The summed E-state index contributed by atoms with van der Waals surface area (Å²) >= 11 is 0. The minimum atomic E-state index is -0.928. The molecule has 1 aromatic rings. The average Bonchev–Trinajstić information content (AvgIpc) is 2.60. The Kier molecular flexibility index (Phi) is 3.85. The first-order valence-corrected chi connectivity index (χ1v) is 5.19. The molecular weight excluding hydrogens is 242 g/mol. The van der Waals surface area contributed by atoms with Gasteiger partial charge in [0.2, 0.25) is 5.88 Å². The number of aromatic nitrogens is 1. The molecule has 18 heavy (non-hydrogen) atoms. The van der Waals surface area contributed by atoms with Crippen LogP contribution >= 0.6 is 0 Å². The van der Waals surface area contributed by atoms with E-state index in [-0.39, 0.29) is 11.7 Å². The molecule has 0 saturated carbocycles. The topological polar surface area (TPSA) is 98.0 Å². The molecule has 1 aromatic heterocycles. The van der Waals surface area contributed by atoms with Crippen molar-refractivity contribution < 1.29 is 29.3 Å². The quantitative estimate of drug-likeness (QED) is 0.785. The Bertz CT molecular complexity index is 488. The van der Waals surface area contributed by atoms with E-state index in [0.717, 1.165) is 18.8 Å². The summed E-state index contributed by atoms with van der Waals surface area (Å²) in [7, 11) is 2.24. The van der Waals surface area contributed by atoms with Crippen molar-refractivity contribution in [3.8, 4) is 11.6 Å². The van der Waals surface area contributed by atoms with Crippen LogP contribution in [-0.2, 0) is 9.47 Å². The number of hydrogen-bond acceptors (Lipinski definition) is 6. The van der Waals surface area contributed by atoms with E-state index in [1.807, 2.05) is 0 Å². The van der Waals surface area contributed by atoms with Gasteiger partial charge in [-0.05, 0) is 13.8 Å². The second-order valence-corrected chi connectivity index (χ2v) is 3.84. The van der Waals surface area contributed by atoms with Gasteiger partial charge in [-0.3, -0.25) is 0 Å². The second kappa shape index (κ2) is 4.99. The summed E-state index contributed by atoms with van der Waals surface area (Å²) in [6, 6.07) is -0.358. The van der Waals surface area contributed by atoms with Gasteiger partial charge in [0, 0.05) is 6.04 Å². The minimum absolute atomic E-state index is 0.241. The van der Waals surface area contributed by atoms with Crippen LogP contribution in [0.4, 0.5) is 0 Å². The number of ether oxygens (including phenoxy) is 2. The first-order valence-electron chi connectivity index (χ1n) is 5.19. The largest absolute Gasteiger partial charge is 0.502 e. The Morgan fingerprint density at radius 3 is 2.00 bits per heavy atom. The van der Waals surface area contributed by atoms with E-state index in [0.29, 0.717) is 0 Å². The Labute approximate surface area is 104 Å². The Balaban J connectivity index is 3.64. The molecule has 0 atom stereocenters. The van der Waals surface area contributed by atoms with Crippen molar-refractivity contribution in [3.05, 3.63) is 11.3 Å². The van der Waals surface area contributed by atoms with Crippen molar-refractivity contribution in [1.82, 2.24) is 4.57 Å². The van der Waals surface area contributed by atoms with Gasteiger partial charge < -0.3 is 24.3 Å². The molecule has 0 aliphatic heterocycles. The zero-order valence-corrected chi connectivity index (χ0v) is 10.6. The van der Waals surface area contributed by atoms with E-state index in [1.165, 1.54) is 0 Å². The lowest BCUT2D eigenvalue weighted by atomic mass is 10.2. The summed E-state index contributed by atoms with van der Waals surface area (Å²) in [6.07, 6.45) is 0. The SMILES string of the molecule is COC(=O)c1c(O)c(O)n(C(C)C)c1C(=O)OC. The van der Waals surface area contributed by atoms with Crippen molar-refractivity contribution in [2.24, 2.45) is 0 Å². The van der Waals surface area contributed by atoms with E-state index in [1.54, 1.807) is 13.8 Å². The van der Waals surface area contributed by atoms with Crippen LogP contribution in [0.3, 0.4) is 0 Å². The Morgan fingerprint density at radius 1 is 1.11 bits per heavy atom. The van der Waals surface area contributed by atoms with Crippen molar-refractivity contribution >= 4 is 11.9 Å². The highest BCUT2D eigenvalue weighted by Gasteiger charge is 2.33. The first-order chi connectivity index (χ1) is 8.36. The number of esters is 2. The van der Waals surface area contributed by atoms with E-state index in [9.17, 15) is 19.8 Å². The number of hydrogen-bond donors (Lipinski definition) is 2. The summed E-state index contributed by atoms with van der Waals surface area (Å²) in [4.78, 5) is 23.2. The van der Waals surface area contributed by atoms with Gasteiger partial charge in [0.05, 0.1) is 14.2 Å². The van der Waals surface area contributed by atoms with Gasteiger partial charge in [0.25, 0.3) is 0 Å². The molecule has 0 fully saturated rings. The van der Waals surface area contributed by atoms with E-state index in [4.69, 9.17) is 0 Å². The fourth-order valence-corrected chi connectivity index (χ4v) is 1.66. The highest BCUT2D eigenvalue weighted by atomic mass is 16.5. The van der Waals surface area contributed by atoms with Gasteiger partial charge in [0.1, 0.15) is 11.3 Å². The highest BCUT2D eigenvalue weighted by Crippen LogP contribution is 2.38. The molecule has 1 rings (SSSR count). The lowest BCUT2D eigenvalue weighted by Gasteiger charge is -2.12. The summed E-state index contributed by atoms with van der Waals surface area (Å²) in [6.45, 7) is 3.35. The maximum absolute atomic E-state index is 11.7. The third-order valence-electron chi connectivity index (χ3n) is 2.44. The standard InChI is InChI=1S/C11H15NO6/c1-5(2)12-7(11(16)18-4)6(10(15)17-3)8(13)9(12)14/h5,13-14H,1-4H3. The van der Waals surface area contributed by atoms with Crippen molar-refractivity contribution in [2.45, 2.75) is 19.9 Å². The van der Waals surface area contributed by atoms with Gasteiger partial charge in [-0.1, -0.05) is 0 Å². The molecule has 0 aliphatic carbocycles. The third-order valence-corrected chi connectivity index (χ3v) is 2.44. The van der Waals surface area contributed by atoms with Crippen molar-refractivity contribution in [2.75, 3.05) is 14.2 Å². The summed E-state index contributed by atoms with van der Waals surface area (Å²) in [5.74, 6) is -3.05. The van der Waals surface area contributed by atoms with Gasteiger partial charge in [-0.2, -0.15) is 0 Å². The van der Waals surface area contributed by atoms with Crippen LogP contribution in [0.1, 0.15) is 40.7 Å². The van der Waals surface area contributed by atoms with Gasteiger partial charge >= 0.3 is 11.9 Å². The third kappa shape index (κ3) is 1.99. The maximum atomic E-state index is 11.7. The van der Waals surface area contributed by atoms with E-state index >= 15 is 0 Å². The molecule has 0 bridgehead atoms. The second-order valence-electron chi connectivity index (χ2n) is 3.84. The maximum Gasteiger partial charge on any atom is 0.355 e. The van der Waals surface area contributed by atoms with E-state index in [2.05, 4.69) is 9.47 Å². The molecule has 0 aliphatic rings. The zero-order chi connectivity index (χ0) is 14.0. The number of carbonyl (C=O) groups is 2. The van der Waals surface area contributed by atoms with Gasteiger partial charge in [-0.15, -0.1) is 0 Å². The fourth-order valence-electron chi connectivity index (χ4n) is 1.66.